The second-order valence-corrected chi connectivity index (χ2v) is 2.26. The molecule has 0 aliphatic carbocycles. The SMILES string of the molecule is COC.c1ccc2c(c1)OCO2. The van der Waals surface area contributed by atoms with Crippen molar-refractivity contribution in [2.24, 2.45) is 0 Å². The van der Waals surface area contributed by atoms with E-state index in [2.05, 4.69) is 4.74 Å². The molecule has 1 aromatic rings. The molecule has 1 aliphatic heterocycles. The van der Waals surface area contributed by atoms with Gasteiger partial charge in [0.25, 0.3) is 0 Å². The average molecular weight is 168 g/mol. The Morgan fingerprint density at radius 1 is 1.08 bits per heavy atom. The number of para-hydroxylation sites is 2. The van der Waals surface area contributed by atoms with E-state index in [0.29, 0.717) is 6.79 Å². The lowest BCUT2D eigenvalue weighted by Gasteiger charge is -1.89. The van der Waals surface area contributed by atoms with Gasteiger partial charge >= 0.3 is 0 Å². The summed E-state index contributed by atoms with van der Waals surface area (Å²) in [5.41, 5.74) is 0. The van der Waals surface area contributed by atoms with Crippen molar-refractivity contribution < 1.29 is 14.2 Å². The van der Waals surface area contributed by atoms with E-state index in [1.54, 1.807) is 14.2 Å². The maximum atomic E-state index is 5.08. The molecule has 0 saturated carbocycles. The predicted molar refractivity (Wildman–Crippen MR) is 45.5 cm³/mol. The number of ether oxygens (including phenoxy) is 3. The van der Waals surface area contributed by atoms with E-state index in [-0.39, 0.29) is 0 Å². The summed E-state index contributed by atoms with van der Waals surface area (Å²) in [5, 5.41) is 0. The molecule has 12 heavy (non-hydrogen) atoms. The van der Waals surface area contributed by atoms with Gasteiger partial charge in [0, 0.05) is 14.2 Å². The number of benzene rings is 1. The molecule has 0 aromatic heterocycles. The third kappa shape index (κ3) is 2.13. The van der Waals surface area contributed by atoms with Crippen LogP contribution in [0.25, 0.3) is 0 Å². The van der Waals surface area contributed by atoms with Crippen molar-refractivity contribution in [1.29, 1.82) is 0 Å². The van der Waals surface area contributed by atoms with Crippen LogP contribution < -0.4 is 9.47 Å². The lowest BCUT2D eigenvalue weighted by atomic mass is 10.3. The van der Waals surface area contributed by atoms with Crippen molar-refractivity contribution in [3.63, 3.8) is 0 Å². The Balaban J connectivity index is 0.000000213. The molecule has 66 valence electrons. The van der Waals surface area contributed by atoms with E-state index in [0.717, 1.165) is 11.5 Å². The van der Waals surface area contributed by atoms with Crippen LogP contribution in [0.15, 0.2) is 24.3 Å². The van der Waals surface area contributed by atoms with Crippen LogP contribution in [-0.2, 0) is 4.74 Å². The van der Waals surface area contributed by atoms with Crippen molar-refractivity contribution >= 4 is 0 Å². The summed E-state index contributed by atoms with van der Waals surface area (Å²) in [6, 6.07) is 7.63. The number of methoxy groups -OCH3 is 1. The lowest BCUT2D eigenvalue weighted by molar-refractivity contribution is 0.174. The smallest absolute Gasteiger partial charge is 0.231 e. The van der Waals surface area contributed by atoms with Crippen LogP contribution in [0.3, 0.4) is 0 Å². The molecule has 1 heterocycles. The van der Waals surface area contributed by atoms with E-state index in [1.165, 1.54) is 0 Å². The van der Waals surface area contributed by atoms with E-state index >= 15 is 0 Å². The highest BCUT2D eigenvalue weighted by atomic mass is 16.7. The lowest BCUT2D eigenvalue weighted by Crippen LogP contribution is -1.92. The highest BCUT2D eigenvalue weighted by Crippen LogP contribution is 2.30. The van der Waals surface area contributed by atoms with Crippen LogP contribution in [0, 0.1) is 0 Å². The van der Waals surface area contributed by atoms with Crippen LogP contribution in [0.5, 0.6) is 11.5 Å². The van der Waals surface area contributed by atoms with Gasteiger partial charge in [-0.3, -0.25) is 0 Å². The minimum atomic E-state index is 0.360. The summed E-state index contributed by atoms with van der Waals surface area (Å²) in [5.74, 6) is 1.69. The second-order valence-electron chi connectivity index (χ2n) is 2.26. The third-order valence-corrected chi connectivity index (χ3v) is 1.28. The molecule has 0 bridgehead atoms. The second kappa shape index (κ2) is 4.62. The molecule has 1 aromatic carbocycles. The van der Waals surface area contributed by atoms with Crippen LogP contribution in [0.4, 0.5) is 0 Å². The Morgan fingerprint density at radius 2 is 1.50 bits per heavy atom. The number of fused-ring (bicyclic) bond motifs is 1. The molecule has 0 fully saturated rings. The Hall–Kier alpha value is -1.22. The number of hydrogen-bond acceptors (Lipinski definition) is 3. The molecule has 0 atom stereocenters. The Bertz CT molecular complexity index is 212. The highest BCUT2D eigenvalue weighted by Gasteiger charge is 2.09. The summed E-state index contributed by atoms with van der Waals surface area (Å²) >= 11 is 0. The molecule has 1 aliphatic rings. The fourth-order valence-corrected chi connectivity index (χ4v) is 0.845. The van der Waals surface area contributed by atoms with Crippen molar-refractivity contribution in [2.45, 2.75) is 0 Å². The van der Waals surface area contributed by atoms with Crippen LogP contribution in [-0.4, -0.2) is 21.0 Å². The van der Waals surface area contributed by atoms with Crippen molar-refractivity contribution in [3.8, 4) is 11.5 Å². The van der Waals surface area contributed by atoms with Gasteiger partial charge in [0.2, 0.25) is 6.79 Å². The van der Waals surface area contributed by atoms with Crippen LogP contribution in [0.1, 0.15) is 0 Å². The van der Waals surface area contributed by atoms with Crippen LogP contribution >= 0.6 is 0 Å². The Kier molecular flexibility index (Phi) is 3.41. The zero-order valence-electron chi connectivity index (χ0n) is 7.24. The standard InChI is InChI=1S/C7H6O2.C2H6O/c1-2-4-7-6(3-1)8-5-9-7;1-3-2/h1-4H,5H2;1-2H3. The van der Waals surface area contributed by atoms with Crippen molar-refractivity contribution in [3.05, 3.63) is 24.3 Å². The molecule has 0 unspecified atom stereocenters. The highest BCUT2D eigenvalue weighted by molar-refractivity contribution is 5.40. The van der Waals surface area contributed by atoms with E-state index in [4.69, 9.17) is 9.47 Å². The van der Waals surface area contributed by atoms with E-state index in [9.17, 15) is 0 Å². The first-order chi connectivity index (χ1) is 5.88. The maximum absolute atomic E-state index is 5.08. The third-order valence-electron chi connectivity index (χ3n) is 1.28. The van der Waals surface area contributed by atoms with Crippen molar-refractivity contribution in [1.82, 2.24) is 0 Å². The Labute approximate surface area is 71.9 Å². The molecule has 0 spiro atoms. The summed E-state index contributed by atoms with van der Waals surface area (Å²) in [7, 11) is 3.25. The summed E-state index contributed by atoms with van der Waals surface area (Å²) < 4.78 is 14.4. The molecule has 0 saturated heterocycles. The van der Waals surface area contributed by atoms with Crippen molar-refractivity contribution in [2.75, 3.05) is 21.0 Å². The molecule has 0 amide bonds. The van der Waals surface area contributed by atoms with Gasteiger partial charge in [0.05, 0.1) is 0 Å². The normalized spacial score (nSPS) is 11.8. The minimum Gasteiger partial charge on any atom is -0.454 e. The van der Waals surface area contributed by atoms with Gasteiger partial charge in [0.15, 0.2) is 11.5 Å². The molecule has 3 nitrogen and oxygen atoms in total. The molecule has 0 N–H and O–H groups in total. The van der Waals surface area contributed by atoms with Gasteiger partial charge in [-0.15, -0.1) is 0 Å². The fraction of sp³-hybridized carbons (Fsp3) is 0.333. The Morgan fingerprint density at radius 3 is 1.92 bits per heavy atom. The number of rotatable bonds is 0. The molecule has 0 radical (unpaired) electrons. The zero-order valence-corrected chi connectivity index (χ0v) is 7.24. The topological polar surface area (TPSA) is 27.7 Å². The summed E-state index contributed by atoms with van der Waals surface area (Å²) in [6.45, 7) is 0.360. The molecule has 3 heteroatoms. The molecular formula is C9H12O3. The van der Waals surface area contributed by atoms with E-state index < -0.39 is 0 Å². The summed E-state index contributed by atoms with van der Waals surface area (Å²) in [4.78, 5) is 0. The quantitative estimate of drug-likeness (QED) is 0.589. The molecule has 2 rings (SSSR count). The van der Waals surface area contributed by atoms with Gasteiger partial charge < -0.3 is 14.2 Å². The van der Waals surface area contributed by atoms with Gasteiger partial charge in [-0.2, -0.15) is 0 Å². The first kappa shape index (κ1) is 8.87. The average Bonchev–Trinajstić information content (AvgIpc) is 2.52. The predicted octanol–water partition coefficient (Wildman–Crippen LogP) is 1.68. The number of hydrogen-bond donors (Lipinski definition) is 0. The molecular weight excluding hydrogens is 156 g/mol. The maximum Gasteiger partial charge on any atom is 0.231 e. The minimum absolute atomic E-state index is 0.360. The first-order valence-electron chi connectivity index (χ1n) is 3.63. The first-order valence-corrected chi connectivity index (χ1v) is 3.63. The van der Waals surface area contributed by atoms with E-state index in [1.807, 2.05) is 24.3 Å². The van der Waals surface area contributed by atoms with Crippen LogP contribution in [0.2, 0.25) is 0 Å². The van der Waals surface area contributed by atoms with Gasteiger partial charge in [0.1, 0.15) is 0 Å². The monoisotopic (exact) mass is 168 g/mol. The zero-order chi connectivity index (χ0) is 8.81. The van der Waals surface area contributed by atoms with Gasteiger partial charge in [-0.1, -0.05) is 12.1 Å². The fourth-order valence-electron chi connectivity index (χ4n) is 0.845. The van der Waals surface area contributed by atoms with Gasteiger partial charge in [-0.25, -0.2) is 0 Å². The van der Waals surface area contributed by atoms with Gasteiger partial charge in [-0.05, 0) is 12.1 Å². The summed E-state index contributed by atoms with van der Waals surface area (Å²) in [6.07, 6.45) is 0. The largest absolute Gasteiger partial charge is 0.454 e.